The quantitative estimate of drug-likeness (QED) is 0.609. The minimum absolute atomic E-state index is 0. The van der Waals surface area contributed by atoms with Crippen LogP contribution in [0.2, 0.25) is 0 Å². The van der Waals surface area contributed by atoms with Crippen molar-refractivity contribution in [3.63, 3.8) is 0 Å². The normalized spacial score (nSPS) is 9.91. The Balaban J connectivity index is 0. The molecule has 0 spiro atoms. The zero-order valence-electron chi connectivity index (χ0n) is 16.3. The summed E-state index contributed by atoms with van der Waals surface area (Å²) in [7, 11) is 4.15. The van der Waals surface area contributed by atoms with Crippen LogP contribution >= 0.6 is 0 Å². The summed E-state index contributed by atoms with van der Waals surface area (Å²) in [6, 6.07) is 8.48. The van der Waals surface area contributed by atoms with Crippen LogP contribution in [0.15, 0.2) is 24.3 Å². The van der Waals surface area contributed by atoms with Crippen LogP contribution in [0.25, 0.3) is 0 Å². The lowest BCUT2D eigenvalue weighted by atomic mass is 10.0. The summed E-state index contributed by atoms with van der Waals surface area (Å²) in [6.07, 6.45) is 0. The van der Waals surface area contributed by atoms with Gasteiger partial charge in [0.05, 0.1) is 0 Å². The van der Waals surface area contributed by atoms with Gasteiger partial charge in [-0.25, -0.2) is 0 Å². The van der Waals surface area contributed by atoms with Crippen molar-refractivity contribution in [3.05, 3.63) is 47.0 Å². The van der Waals surface area contributed by atoms with E-state index in [4.69, 9.17) is 0 Å². The van der Waals surface area contributed by atoms with Crippen LogP contribution in [0.1, 0.15) is 50.5 Å². The van der Waals surface area contributed by atoms with Gasteiger partial charge in [-0.2, -0.15) is 0 Å². The number of hydrogen-bond acceptors (Lipinski definition) is 0. The number of aryl methyl sites for hydroxylation is 4. The molecule has 123 valence electrons. The Morgan fingerprint density at radius 1 is 0.591 bits per heavy atom. The van der Waals surface area contributed by atoms with E-state index in [2.05, 4.69) is 103 Å². The number of hydrogen-bond donors (Lipinski definition) is 0. The van der Waals surface area contributed by atoms with E-state index in [9.17, 15) is 0 Å². The predicted molar refractivity (Wildman–Crippen MR) is 101 cm³/mol. The molecule has 2 aromatic rings. The van der Waals surface area contributed by atoms with Crippen LogP contribution in [0, 0.1) is 33.1 Å². The van der Waals surface area contributed by atoms with Gasteiger partial charge in [-0.15, -0.1) is 0 Å². The zero-order valence-corrected chi connectivity index (χ0v) is 16.3. The topological polar surface area (TPSA) is 9.86 Å². The molecule has 0 atom stereocenters. The second-order valence-electron chi connectivity index (χ2n) is 7.35. The molecule has 0 aliphatic rings. The molecule has 22 heavy (non-hydrogen) atoms. The first kappa shape index (κ1) is 22.9. The summed E-state index contributed by atoms with van der Waals surface area (Å²) in [5.74, 6) is 0. The Bertz CT molecular complexity index is 453. The van der Waals surface area contributed by atoms with Crippen molar-refractivity contribution >= 4 is 8.41 Å². The number of nitrogens with zero attached hydrogens (tertiary/aromatic N) is 2. The summed E-state index contributed by atoms with van der Waals surface area (Å²) >= 11 is 0. The summed E-state index contributed by atoms with van der Waals surface area (Å²) in [5.41, 5.74) is 5.79. The van der Waals surface area contributed by atoms with E-state index >= 15 is 0 Å². The minimum atomic E-state index is 0. The molecule has 2 aromatic heterocycles. The third-order valence-corrected chi connectivity index (χ3v) is 3.25. The monoisotopic (exact) mass is 301 g/mol. The minimum Gasteiger partial charge on any atom is -0.352 e. The van der Waals surface area contributed by atoms with Crippen LogP contribution in [0.3, 0.4) is 0 Å². The zero-order chi connectivity index (χ0) is 16.8. The molecule has 0 N–H and O–H groups in total. The highest BCUT2D eigenvalue weighted by atomic mass is 14.9. The maximum Gasteiger partial charge on any atom is 0.0143 e. The van der Waals surface area contributed by atoms with Gasteiger partial charge in [-0.1, -0.05) is 27.7 Å². The molecule has 2 heterocycles. The molecule has 0 bridgehead atoms. The standard InChI is InChI=1S/2C7H11N.C5H12.B/c2*1-6-4-5-7(2)8(6)3;1-5(2,3)4;/h2*4-5H,1-3H3;1-4H3;. The highest BCUT2D eigenvalue weighted by Gasteiger charge is 1.95. The molecule has 0 unspecified atom stereocenters. The molecule has 2 rings (SSSR count). The number of rotatable bonds is 0. The van der Waals surface area contributed by atoms with Crippen molar-refractivity contribution in [1.82, 2.24) is 9.13 Å². The van der Waals surface area contributed by atoms with Crippen LogP contribution in [0.5, 0.6) is 0 Å². The Labute approximate surface area is 140 Å². The molecular formula is C19H34BN2. The molecule has 3 heteroatoms. The molecule has 0 saturated heterocycles. The third kappa shape index (κ3) is 9.54. The van der Waals surface area contributed by atoms with Gasteiger partial charge in [-0.3, -0.25) is 0 Å². The van der Waals surface area contributed by atoms with Crippen LogP contribution < -0.4 is 0 Å². The first-order chi connectivity index (χ1) is 9.43. The average molecular weight is 301 g/mol. The lowest BCUT2D eigenvalue weighted by Gasteiger charge is -2.05. The lowest BCUT2D eigenvalue weighted by molar-refractivity contribution is 0.469. The SMILES string of the molecule is CC(C)(C)C.Cc1ccc(C)n1C.Cc1ccc(C)n1C.[B]. The van der Waals surface area contributed by atoms with E-state index in [0.717, 1.165) is 0 Å². The van der Waals surface area contributed by atoms with Crippen molar-refractivity contribution in [3.8, 4) is 0 Å². The maximum absolute atomic E-state index is 2.19. The molecule has 0 aliphatic heterocycles. The van der Waals surface area contributed by atoms with Gasteiger partial charge in [0.2, 0.25) is 0 Å². The lowest BCUT2D eigenvalue weighted by Crippen LogP contribution is -1.93. The summed E-state index contributed by atoms with van der Waals surface area (Å²) in [6.45, 7) is 17.2. The van der Waals surface area contributed by atoms with Crippen molar-refractivity contribution in [1.29, 1.82) is 0 Å². The fourth-order valence-electron chi connectivity index (χ4n) is 1.49. The van der Waals surface area contributed by atoms with Crippen molar-refractivity contribution in [2.24, 2.45) is 19.5 Å². The number of aromatic nitrogens is 2. The molecule has 0 aliphatic carbocycles. The van der Waals surface area contributed by atoms with Gasteiger partial charge in [0.25, 0.3) is 0 Å². The highest BCUT2D eigenvalue weighted by Crippen LogP contribution is 2.08. The molecular weight excluding hydrogens is 267 g/mol. The second-order valence-corrected chi connectivity index (χ2v) is 7.35. The third-order valence-electron chi connectivity index (χ3n) is 3.25. The highest BCUT2D eigenvalue weighted by molar-refractivity contribution is 5.75. The smallest absolute Gasteiger partial charge is 0.0143 e. The van der Waals surface area contributed by atoms with E-state index in [1.165, 1.54) is 22.8 Å². The summed E-state index contributed by atoms with van der Waals surface area (Å²) < 4.78 is 4.33. The largest absolute Gasteiger partial charge is 0.352 e. The van der Waals surface area contributed by atoms with Crippen molar-refractivity contribution in [2.75, 3.05) is 0 Å². The van der Waals surface area contributed by atoms with Gasteiger partial charge in [0.15, 0.2) is 0 Å². The van der Waals surface area contributed by atoms with E-state index in [1.54, 1.807) is 0 Å². The predicted octanol–water partition coefficient (Wildman–Crippen LogP) is 4.96. The van der Waals surface area contributed by atoms with Crippen LogP contribution in [0.4, 0.5) is 0 Å². The Kier molecular flexibility index (Phi) is 10.00. The van der Waals surface area contributed by atoms with E-state index in [1.807, 2.05) is 0 Å². The summed E-state index contributed by atoms with van der Waals surface area (Å²) in [5, 5.41) is 0. The molecule has 0 aromatic carbocycles. The Morgan fingerprint density at radius 2 is 0.727 bits per heavy atom. The van der Waals surface area contributed by atoms with Gasteiger partial charge >= 0.3 is 0 Å². The van der Waals surface area contributed by atoms with Gasteiger partial charge in [-0.05, 0) is 57.4 Å². The van der Waals surface area contributed by atoms with Crippen LogP contribution in [-0.4, -0.2) is 17.5 Å². The second kappa shape index (κ2) is 9.60. The fourth-order valence-corrected chi connectivity index (χ4v) is 1.49. The van der Waals surface area contributed by atoms with Crippen molar-refractivity contribution < 1.29 is 0 Å². The Hall–Kier alpha value is -1.38. The fraction of sp³-hybridized carbons (Fsp3) is 0.579. The molecule has 2 nitrogen and oxygen atoms in total. The maximum atomic E-state index is 2.19. The first-order valence-corrected chi connectivity index (χ1v) is 7.61. The molecule has 0 saturated carbocycles. The van der Waals surface area contributed by atoms with Crippen molar-refractivity contribution in [2.45, 2.75) is 55.4 Å². The van der Waals surface area contributed by atoms with Gasteiger partial charge < -0.3 is 9.13 Å². The average Bonchev–Trinajstić information content (AvgIpc) is 2.79. The van der Waals surface area contributed by atoms with E-state index in [-0.39, 0.29) is 8.41 Å². The van der Waals surface area contributed by atoms with Gasteiger partial charge in [0, 0.05) is 45.3 Å². The van der Waals surface area contributed by atoms with E-state index < -0.39 is 0 Å². The molecule has 0 fully saturated rings. The van der Waals surface area contributed by atoms with E-state index in [0.29, 0.717) is 5.41 Å². The molecule has 0 amide bonds. The molecule has 3 radical (unpaired) electrons. The van der Waals surface area contributed by atoms with Gasteiger partial charge in [0.1, 0.15) is 0 Å². The summed E-state index contributed by atoms with van der Waals surface area (Å²) in [4.78, 5) is 0. The first-order valence-electron chi connectivity index (χ1n) is 7.61. The Morgan fingerprint density at radius 3 is 0.773 bits per heavy atom. The van der Waals surface area contributed by atoms with Crippen LogP contribution in [-0.2, 0) is 14.1 Å².